The van der Waals surface area contributed by atoms with Crippen LogP contribution < -0.4 is 0 Å². The van der Waals surface area contributed by atoms with Crippen LogP contribution >= 0.6 is 0 Å². The lowest BCUT2D eigenvalue weighted by Gasteiger charge is -1.93. The first-order valence-corrected chi connectivity index (χ1v) is 3.50. The molecule has 1 heterocycles. The molecule has 0 aliphatic rings. The van der Waals surface area contributed by atoms with Gasteiger partial charge in [-0.2, -0.15) is 5.10 Å². The quantitative estimate of drug-likeness (QED) is 0.696. The third-order valence-corrected chi connectivity index (χ3v) is 1.71. The molecule has 1 N–H and O–H groups in total. The maximum atomic E-state index is 12.3. The molecule has 2 nitrogen and oxygen atoms in total. The van der Waals surface area contributed by atoms with E-state index in [4.69, 9.17) is 0 Å². The Morgan fingerprint density at radius 3 is 2.75 bits per heavy atom. The number of alkyl halides is 2. The van der Waals surface area contributed by atoms with Gasteiger partial charge >= 0.3 is 0 Å². The Labute approximate surface area is 67.2 Å². The predicted molar refractivity (Wildman–Crippen MR) is 41.1 cm³/mol. The molecule has 12 heavy (non-hydrogen) atoms. The van der Waals surface area contributed by atoms with Crippen LogP contribution in [0.25, 0.3) is 10.9 Å². The van der Waals surface area contributed by atoms with Gasteiger partial charge < -0.3 is 0 Å². The van der Waals surface area contributed by atoms with Gasteiger partial charge in [-0.05, 0) is 6.07 Å². The summed E-state index contributed by atoms with van der Waals surface area (Å²) in [4.78, 5) is 0. The minimum atomic E-state index is -2.49. The molecule has 0 aliphatic carbocycles. The summed E-state index contributed by atoms with van der Waals surface area (Å²) in [6, 6.07) is 6.79. The molecule has 1 aromatic heterocycles. The lowest BCUT2D eigenvalue weighted by molar-refractivity contribution is 0.147. The second kappa shape index (κ2) is 2.55. The molecular formula is C8H6F2N2. The topological polar surface area (TPSA) is 28.7 Å². The number of H-pyrrole nitrogens is 1. The number of nitrogens with one attached hydrogen (secondary N) is 1. The third-order valence-electron chi connectivity index (χ3n) is 1.71. The summed E-state index contributed by atoms with van der Waals surface area (Å²) >= 11 is 0. The van der Waals surface area contributed by atoms with Gasteiger partial charge in [0.25, 0.3) is 6.43 Å². The number of rotatable bonds is 1. The van der Waals surface area contributed by atoms with Crippen LogP contribution in [0.2, 0.25) is 0 Å². The number of para-hydroxylation sites is 1. The molecule has 0 amide bonds. The Balaban J connectivity index is 2.70. The second-order valence-corrected chi connectivity index (χ2v) is 2.46. The summed E-state index contributed by atoms with van der Waals surface area (Å²) in [5.41, 5.74) is 0.471. The molecule has 62 valence electrons. The highest BCUT2D eigenvalue weighted by molar-refractivity contribution is 5.81. The van der Waals surface area contributed by atoms with Gasteiger partial charge in [0, 0.05) is 5.39 Å². The van der Waals surface area contributed by atoms with Gasteiger partial charge in [0.15, 0.2) is 0 Å². The highest BCUT2D eigenvalue weighted by atomic mass is 19.3. The summed E-state index contributed by atoms with van der Waals surface area (Å²) in [6.07, 6.45) is -2.49. The van der Waals surface area contributed by atoms with Crippen LogP contribution in [-0.4, -0.2) is 10.2 Å². The average Bonchev–Trinajstić information content (AvgIpc) is 2.47. The fourth-order valence-electron chi connectivity index (χ4n) is 1.15. The number of nitrogens with zero attached hydrogens (tertiary/aromatic N) is 1. The molecule has 0 bridgehead atoms. The number of halogens is 2. The van der Waals surface area contributed by atoms with E-state index >= 15 is 0 Å². The van der Waals surface area contributed by atoms with Crippen LogP contribution in [0.5, 0.6) is 0 Å². The molecule has 4 heteroatoms. The van der Waals surface area contributed by atoms with Crippen LogP contribution in [0.3, 0.4) is 0 Å². The summed E-state index contributed by atoms with van der Waals surface area (Å²) in [6.45, 7) is 0. The Morgan fingerprint density at radius 1 is 1.25 bits per heavy atom. The molecule has 0 aliphatic heterocycles. The van der Waals surface area contributed by atoms with E-state index in [2.05, 4.69) is 10.2 Å². The zero-order valence-corrected chi connectivity index (χ0v) is 6.09. The number of fused-ring (bicyclic) bond motifs is 1. The zero-order valence-electron chi connectivity index (χ0n) is 6.09. The Hall–Kier alpha value is -1.45. The monoisotopic (exact) mass is 168 g/mol. The second-order valence-electron chi connectivity index (χ2n) is 2.46. The molecule has 2 aromatic rings. The number of hydrogen-bond acceptors (Lipinski definition) is 1. The van der Waals surface area contributed by atoms with Crippen LogP contribution in [0.15, 0.2) is 24.3 Å². The fourth-order valence-corrected chi connectivity index (χ4v) is 1.15. The van der Waals surface area contributed by atoms with Crippen molar-refractivity contribution in [3.8, 4) is 0 Å². The number of aromatic amines is 1. The van der Waals surface area contributed by atoms with Crippen molar-refractivity contribution in [1.82, 2.24) is 10.2 Å². The van der Waals surface area contributed by atoms with Crippen molar-refractivity contribution in [2.24, 2.45) is 0 Å². The smallest absolute Gasteiger partial charge is 0.276 e. The van der Waals surface area contributed by atoms with Gasteiger partial charge in [0.05, 0.1) is 5.52 Å². The van der Waals surface area contributed by atoms with Gasteiger partial charge in [-0.15, -0.1) is 0 Å². The van der Waals surface area contributed by atoms with Crippen LogP contribution in [0, 0.1) is 0 Å². The van der Waals surface area contributed by atoms with Crippen molar-refractivity contribution in [1.29, 1.82) is 0 Å². The first-order chi connectivity index (χ1) is 5.79. The number of benzene rings is 1. The SMILES string of the molecule is FC(F)c1[nH]nc2ccccc12. The Kier molecular flexibility index (Phi) is 1.53. The normalized spacial score (nSPS) is 11.2. The molecule has 0 radical (unpaired) electrons. The van der Waals surface area contributed by atoms with Crippen molar-refractivity contribution >= 4 is 10.9 Å². The van der Waals surface area contributed by atoms with E-state index in [0.29, 0.717) is 10.9 Å². The van der Waals surface area contributed by atoms with E-state index in [0.717, 1.165) is 0 Å². The van der Waals surface area contributed by atoms with E-state index in [1.54, 1.807) is 24.3 Å². The Bertz CT molecular complexity index is 395. The van der Waals surface area contributed by atoms with Gasteiger partial charge in [-0.1, -0.05) is 18.2 Å². The summed E-state index contributed by atoms with van der Waals surface area (Å²) in [5, 5.41) is 6.54. The molecule has 0 spiro atoms. The molecule has 0 unspecified atom stereocenters. The van der Waals surface area contributed by atoms with Crippen LogP contribution in [-0.2, 0) is 0 Å². The maximum absolute atomic E-state index is 12.3. The summed E-state index contributed by atoms with van der Waals surface area (Å²) in [7, 11) is 0. The first kappa shape index (κ1) is 7.21. The van der Waals surface area contributed by atoms with E-state index in [1.807, 2.05) is 0 Å². The minimum Gasteiger partial charge on any atom is -0.276 e. The first-order valence-electron chi connectivity index (χ1n) is 3.50. The fraction of sp³-hybridized carbons (Fsp3) is 0.125. The molecule has 1 aromatic carbocycles. The molecule has 0 saturated carbocycles. The van der Waals surface area contributed by atoms with Crippen molar-refractivity contribution in [3.63, 3.8) is 0 Å². The average molecular weight is 168 g/mol. The predicted octanol–water partition coefficient (Wildman–Crippen LogP) is 2.50. The van der Waals surface area contributed by atoms with Crippen molar-refractivity contribution in [2.45, 2.75) is 6.43 Å². The van der Waals surface area contributed by atoms with E-state index in [-0.39, 0.29) is 5.69 Å². The molecular weight excluding hydrogens is 162 g/mol. The highest BCUT2D eigenvalue weighted by Crippen LogP contribution is 2.24. The van der Waals surface area contributed by atoms with Gasteiger partial charge in [0.2, 0.25) is 0 Å². The van der Waals surface area contributed by atoms with Crippen molar-refractivity contribution in [3.05, 3.63) is 30.0 Å². The van der Waals surface area contributed by atoms with Gasteiger partial charge in [0.1, 0.15) is 5.69 Å². The minimum absolute atomic E-state index is 0.106. The van der Waals surface area contributed by atoms with Crippen molar-refractivity contribution in [2.75, 3.05) is 0 Å². The van der Waals surface area contributed by atoms with Crippen molar-refractivity contribution < 1.29 is 8.78 Å². The highest BCUT2D eigenvalue weighted by Gasteiger charge is 2.13. The maximum Gasteiger partial charge on any atom is 0.280 e. The van der Waals surface area contributed by atoms with Crippen LogP contribution in [0.4, 0.5) is 8.78 Å². The lowest BCUT2D eigenvalue weighted by Crippen LogP contribution is -1.83. The number of aromatic nitrogens is 2. The standard InChI is InChI=1S/C8H6F2N2/c9-8(10)7-5-3-1-2-4-6(5)11-12-7/h1-4,8H,(H,11,12). The van der Waals surface area contributed by atoms with E-state index < -0.39 is 6.43 Å². The zero-order chi connectivity index (χ0) is 8.55. The Morgan fingerprint density at radius 2 is 2.00 bits per heavy atom. The molecule has 0 atom stereocenters. The molecule has 0 saturated heterocycles. The molecule has 0 fully saturated rings. The van der Waals surface area contributed by atoms with Crippen LogP contribution in [0.1, 0.15) is 12.1 Å². The molecule has 2 rings (SSSR count). The lowest BCUT2D eigenvalue weighted by atomic mass is 10.2. The van der Waals surface area contributed by atoms with E-state index in [9.17, 15) is 8.78 Å². The number of hydrogen-bond donors (Lipinski definition) is 1. The third kappa shape index (κ3) is 0.958. The summed E-state index contributed by atoms with van der Waals surface area (Å²) < 4.78 is 24.5. The largest absolute Gasteiger partial charge is 0.280 e. The van der Waals surface area contributed by atoms with E-state index in [1.165, 1.54) is 0 Å². The van der Waals surface area contributed by atoms with Gasteiger partial charge in [-0.25, -0.2) is 8.78 Å². The van der Waals surface area contributed by atoms with Gasteiger partial charge in [-0.3, -0.25) is 5.10 Å². The summed E-state index contributed by atoms with van der Waals surface area (Å²) in [5.74, 6) is 0.